The lowest BCUT2D eigenvalue weighted by Gasteiger charge is -2.32. The monoisotopic (exact) mass is 481 g/mol. The van der Waals surface area contributed by atoms with Crippen LogP contribution in [0.1, 0.15) is 109 Å². The summed E-state index contributed by atoms with van der Waals surface area (Å²) in [5.74, 6) is 2.64. The van der Waals surface area contributed by atoms with Crippen LogP contribution in [0.5, 0.6) is 0 Å². The molecule has 0 heterocycles. The Kier molecular flexibility index (Phi) is 13.4. The van der Waals surface area contributed by atoms with Crippen LogP contribution in [-0.2, 0) is 6.42 Å². The van der Waals surface area contributed by atoms with E-state index in [2.05, 4.69) is 76.7 Å². The van der Waals surface area contributed by atoms with Crippen molar-refractivity contribution >= 4 is 12.6 Å². The zero-order valence-corrected chi connectivity index (χ0v) is 23.4. The lowest BCUT2D eigenvalue weighted by Crippen LogP contribution is -2.19. The molecule has 0 aliphatic heterocycles. The molecule has 3 rings (SSSR count). The minimum Gasteiger partial charge on any atom is -0.327 e. The number of aryl methyl sites for hydroxylation is 1. The van der Waals surface area contributed by atoms with Crippen molar-refractivity contribution in [2.75, 3.05) is 5.75 Å². The third kappa shape index (κ3) is 8.45. The summed E-state index contributed by atoms with van der Waals surface area (Å²) in [7, 11) is 0. The van der Waals surface area contributed by atoms with Gasteiger partial charge in [-0.1, -0.05) is 108 Å². The number of fused-ring (bicyclic) bond motifs is 1. The Hall–Kier alpha value is -1.25. The number of unbranched alkanes of at least 4 members (excludes halogenated alkanes) is 1. The average molecular weight is 482 g/mol. The molecule has 2 heteroatoms. The zero-order valence-electron chi connectivity index (χ0n) is 22.5. The fraction of sp³-hybridized carbons (Fsp3) is 0.625. The molecule has 0 aromatic heterocycles. The van der Waals surface area contributed by atoms with E-state index in [0.29, 0.717) is 17.9 Å². The molecule has 2 N–H and O–H groups in total. The molecule has 4 unspecified atom stereocenters. The van der Waals surface area contributed by atoms with Crippen molar-refractivity contribution in [3.8, 4) is 0 Å². The predicted octanol–water partition coefficient (Wildman–Crippen LogP) is 9.21. The average Bonchev–Trinajstić information content (AvgIpc) is 3.03. The van der Waals surface area contributed by atoms with E-state index in [-0.39, 0.29) is 0 Å². The first-order valence-electron chi connectivity index (χ1n) is 14.0. The number of thiol groups is 1. The topological polar surface area (TPSA) is 26.0 Å². The number of hydrogen-bond acceptors (Lipinski definition) is 2. The largest absolute Gasteiger partial charge is 0.327 e. The summed E-state index contributed by atoms with van der Waals surface area (Å²) in [6.07, 6.45) is 18.6. The molecule has 1 aromatic rings. The molecule has 0 saturated heterocycles. The number of nitrogens with two attached hydrogens (primary N) is 1. The maximum atomic E-state index is 5.40. The lowest BCUT2D eigenvalue weighted by molar-refractivity contribution is 0.374. The summed E-state index contributed by atoms with van der Waals surface area (Å²) in [5.41, 5.74) is 13.2. The minimum absolute atomic E-state index is 0.299. The first-order valence-corrected chi connectivity index (χ1v) is 14.6. The second-order valence-electron chi connectivity index (χ2n) is 10.5. The third-order valence-electron chi connectivity index (χ3n) is 7.72. The summed E-state index contributed by atoms with van der Waals surface area (Å²) in [6.45, 7) is 13.9. The Morgan fingerprint density at radius 3 is 2.50 bits per heavy atom. The van der Waals surface area contributed by atoms with E-state index < -0.39 is 0 Å². The fourth-order valence-corrected chi connectivity index (χ4v) is 5.78. The Labute approximate surface area is 216 Å². The van der Waals surface area contributed by atoms with E-state index in [4.69, 9.17) is 12.3 Å². The van der Waals surface area contributed by atoms with E-state index in [9.17, 15) is 0 Å². The highest BCUT2D eigenvalue weighted by Gasteiger charge is 2.31. The summed E-state index contributed by atoms with van der Waals surface area (Å²) in [5, 5.41) is 0. The SMILES string of the molecule is C=C(C(CCC)CC(C)CCCC)C1C2=C(CCC=C2)CCc2ccccc21.CCC(N)CS. The normalized spacial score (nSPS) is 19.8. The van der Waals surface area contributed by atoms with Crippen LogP contribution in [0.3, 0.4) is 0 Å². The van der Waals surface area contributed by atoms with Crippen molar-refractivity contribution in [3.05, 3.63) is 70.8 Å². The van der Waals surface area contributed by atoms with E-state index in [1.807, 2.05) is 0 Å². The Balaban J connectivity index is 0.000000604. The van der Waals surface area contributed by atoms with Gasteiger partial charge in [0, 0.05) is 17.7 Å². The lowest BCUT2D eigenvalue weighted by atomic mass is 9.73. The fourth-order valence-electron chi connectivity index (χ4n) is 5.52. The van der Waals surface area contributed by atoms with Crippen molar-refractivity contribution in [2.24, 2.45) is 17.6 Å². The standard InChI is InChI=1S/C28H40.C4H11NS/c1-5-7-13-21(3)20-25(12-6-2)22(4)28-26-16-10-8-14-23(26)18-19-24-15-9-11-17-27(24)28;1-2-4(5)3-6/h8,10-11,14,16-17,21,25,28H,4-7,9,12-13,15,18-20H2,1-3H3;4,6H,2-3,5H2,1H3. The van der Waals surface area contributed by atoms with Gasteiger partial charge in [-0.25, -0.2) is 0 Å². The number of allylic oxidation sites excluding steroid dienone is 5. The summed E-state index contributed by atoms with van der Waals surface area (Å²) < 4.78 is 0. The summed E-state index contributed by atoms with van der Waals surface area (Å²) in [4.78, 5) is 0. The van der Waals surface area contributed by atoms with Gasteiger partial charge in [0.25, 0.3) is 0 Å². The van der Waals surface area contributed by atoms with Gasteiger partial charge in [-0.2, -0.15) is 12.6 Å². The molecule has 0 bridgehead atoms. The Bertz CT molecular complexity index is 801. The smallest absolute Gasteiger partial charge is 0.0301 e. The first kappa shape index (κ1) is 29.0. The molecule has 1 aromatic carbocycles. The van der Waals surface area contributed by atoms with Crippen LogP contribution in [0.25, 0.3) is 0 Å². The van der Waals surface area contributed by atoms with Gasteiger partial charge in [0.15, 0.2) is 0 Å². The predicted molar refractivity (Wildman–Crippen MR) is 156 cm³/mol. The molecule has 2 aliphatic rings. The van der Waals surface area contributed by atoms with Crippen molar-refractivity contribution < 1.29 is 0 Å². The third-order valence-corrected chi connectivity index (χ3v) is 8.19. The number of rotatable bonds is 11. The van der Waals surface area contributed by atoms with Gasteiger partial charge in [-0.05, 0) is 73.5 Å². The van der Waals surface area contributed by atoms with Crippen molar-refractivity contribution in [1.82, 2.24) is 0 Å². The number of hydrogen-bond donors (Lipinski definition) is 2. The molecular weight excluding hydrogens is 430 g/mol. The molecule has 2 aliphatic carbocycles. The van der Waals surface area contributed by atoms with Gasteiger partial charge in [0.1, 0.15) is 0 Å². The van der Waals surface area contributed by atoms with Crippen LogP contribution in [0.2, 0.25) is 0 Å². The van der Waals surface area contributed by atoms with Gasteiger partial charge >= 0.3 is 0 Å². The highest BCUT2D eigenvalue weighted by atomic mass is 32.1. The maximum absolute atomic E-state index is 5.40. The van der Waals surface area contributed by atoms with E-state index in [0.717, 1.165) is 18.1 Å². The highest BCUT2D eigenvalue weighted by Crippen LogP contribution is 2.46. The van der Waals surface area contributed by atoms with Crippen LogP contribution in [0.4, 0.5) is 0 Å². The van der Waals surface area contributed by atoms with Crippen molar-refractivity contribution in [3.63, 3.8) is 0 Å². The maximum Gasteiger partial charge on any atom is 0.0301 e. The summed E-state index contributed by atoms with van der Waals surface area (Å²) >= 11 is 3.97. The van der Waals surface area contributed by atoms with Crippen LogP contribution in [0.15, 0.2) is 59.7 Å². The molecular formula is C32H51NS. The highest BCUT2D eigenvalue weighted by molar-refractivity contribution is 7.80. The molecule has 0 spiro atoms. The molecule has 0 radical (unpaired) electrons. The van der Waals surface area contributed by atoms with E-state index in [1.165, 1.54) is 75.3 Å². The van der Waals surface area contributed by atoms with Gasteiger partial charge in [-0.3, -0.25) is 0 Å². The molecule has 190 valence electrons. The Morgan fingerprint density at radius 2 is 1.85 bits per heavy atom. The quantitative estimate of drug-likeness (QED) is 0.239. The first-order chi connectivity index (χ1) is 16.5. The van der Waals surface area contributed by atoms with Crippen LogP contribution < -0.4 is 5.73 Å². The summed E-state index contributed by atoms with van der Waals surface area (Å²) in [6, 6.07) is 9.49. The molecule has 0 amide bonds. The molecule has 0 fully saturated rings. The van der Waals surface area contributed by atoms with Crippen LogP contribution in [0, 0.1) is 11.8 Å². The minimum atomic E-state index is 0.299. The molecule has 0 saturated carbocycles. The molecule has 34 heavy (non-hydrogen) atoms. The second kappa shape index (κ2) is 15.7. The second-order valence-corrected chi connectivity index (χ2v) is 10.9. The van der Waals surface area contributed by atoms with Crippen molar-refractivity contribution in [1.29, 1.82) is 0 Å². The van der Waals surface area contributed by atoms with Crippen LogP contribution in [-0.4, -0.2) is 11.8 Å². The van der Waals surface area contributed by atoms with E-state index >= 15 is 0 Å². The number of benzene rings is 1. The zero-order chi connectivity index (χ0) is 24.9. The van der Waals surface area contributed by atoms with Crippen molar-refractivity contribution in [2.45, 2.75) is 110 Å². The molecule has 4 atom stereocenters. The van der Waals surface area contributed by atoms with Gasteiger partial charge in [-0.15, -0.1) is 0 Å². The Morgan fingerprint density at radius 1 is 1.09 bits per heavy atom. The van der Waals surface area contributed by atoms with Gasteiger partial charge < -0.3 is 5.73 Å². The van der Waals surface area contributed by atoms with E-state index in [1.54, 1.807) is 16.7 Å². The van der Waals surface area contributed by atoms with Crippen LogP contribution >= 0.6 is 12.6 Å². The molecule has 1 nitrogen and oxygen atoms in total. The van der Waals surface area contributed by atoms with Gasteiger partial charge in [0.2, 0.25) is 0 Å². The van der Waals surface area contributed by atoms with Gasteiger partial charge in [0.05, 0.1) is 0 Å².